The Morgan fingerprint density at radius 1 is 1.17 bits per heavy atom. The first-order chi connectivity index (χ1) is 11.1. The third kappa shape index (κ3) is 3.33. The molecule has 5 nitrogen and oxygen atoms in total. The Morgan fingerprint density at radius 3 is 2.52 bits per heavy atom. The van der Waals surface area contributed by atoms with Gasteiger partial charge in [-0.15, -0.1) is 0 Å². The maximum atomic E-state index is 12.6. The van der Waals surface area contributed by atoms with Gasteiger partial charge < -0.3 is 14.7 Å². The fourth-order valence-electron chi connectivity index (χ4n) is 3.90. The van der Waals surface area contributed by atoms with Gasteiger partial charge in [0, 0.05) is 12.1 Å². The lowest BCUT2D eigenvalue weighted by Gasteiger charge is -2.46. The third-order valence-corrected chi connectivity index (χ3v) is 5.24. The van der Waals surface area contributed by atoms with Crippen LogP contribution in [0.4, 0.5) is 4.79 Å². The Hall–Kier alpha value is -2.04. The number of carboxylic acids is 1. The molecule has 1 aromatic carbocycles. The number of benzene rings is 1. The number of carbonyl (C=O) groups excluding carboxylic acids is 1. The van der Waals surface area contributed by atoms with E-state index >= 15 is 0 Å². The van der Waals surface area contributed by atoms with E-state index < -0.39 is 11.9 Å². The number of amides is 1. The van der Waals surface area contributed by atoms with Gasteiger partial charge in [-0.3, -0.25) is 4.79 Å². The molecule has 1 atom stereocenters. The number of likely N-dealkylation sites (tertiary alicyclic amines) is 1. The van der Waals surface area contributed by atoms with E-state index in [-0.39, 0.29) is 24.8 Å². The zero-order valence-electron chi connectivity index (χ0n) is 13.2. The first-order valence-corrected chi connectivity index (χ1v) is 8.32. The fourth-order valence-corrected chi connectivity index (χ4v) is 3.90. The summed E-state index contributed by atoms with van der Waals surface area (Å²) >= 11 is 0. The van der Waals surface area contributed by atoms with E-state index in [0.717, 1.165) is 37.7 Å². The second kappa shape index (κ2) is 6.60. The van der Waals surface area contributed by atoms with E-state index in [4.69, 9.17) is 4.74 Å². The predicted octanol–water partition coefficient (Wildman–Crippen LogP) is 3.43. The number of carboxylic acid groups (broad SMARTS) is 1. The lowest BCUT2D eigenvalue weighted by molar-refractivity contribution is -0.145. The standard InChI is InChI=1S/C18H23NO4/c20-16(21)15-8-11-18(9-4-5-10-18)19(12-15)17(22)23-13-14-6-2-1-3-7-14/h1-3,6-7,15H,4-5,8-13H2,(H,20,21). The van der Waals surface area contributed by atoms with Crippen molar-refractivity contribution in [2.75, 3.05) is 6.54 Å². The molecule has 1 aliphatic heterocycles. The van der Waals surface area contributed by atoms with Crippen LogP contribution >= 0.6 is 0 Å². The number of carbonyl (C=O) groups is 2. The zero-order valence-corrected chi connectivity index (χ0v) is 13.2. The Balaban J connectivity index is 1.70. The summed E-state index contributed by atoms with van der Waals surface area (Å²) in [6, 6.07) is 9.55. The van der Waals surface area contributed by atoms with Crippen LogP contribution in [-0.4, -0.2) is 34.2 Å². The molecule has 1 aliphatic carbocycles. The third-order valence-electron chi connectivity index (χ3n) is 5.24. The molecule has 0 aromatic heterocycles. The molecule has 0 bridgehead atoms. The van der Waals surface area contributed by atoms with E-state index in [0.29, 0.717) is 6.42 Å². The average Bonchev–Trinajstić information content (AvgIpc) is 3.02. The average molecular weight is 317 g/mol. The highest BCUT2D eigenvalue weighted by Crippen LogP contribution is 2.43. The highest BCUT2D eigenvalue weighted by Gasteiger charge is 2.47. The van der Waals surface area contributed by atoms with Crippen LogP contribution in [0.1, 0.15) is 44.1 Å². The summed E-state index contributed by atoms with van der Waals surface area (Å²) in [6.45, 7) is 0.493. The van der Waals surface area contributed by atoms with Crippen LogP contribution in [0.3, 0.4) is 0 Å². The van der Waals surface area contributed by atoms with Crippen molar-refractivity contribution in [2.24, 2.45) is 5.92 Å². The molecule has 1 saturated heterocycles. The van der Waals surface area contributed by atoms with Gasteiger partial charge in [-0.05, 0) is 31.2 Å². The number of rotatable bonds is 3. The molecule has 2 aliphatic rings. The second-order valence-corrected chi connectivity index (χ2v) is 6.66. The van der Waals surface area contributed by atoms with Crippen molar-refractivity contribution in [3.8, 4) is 0 Å². The summed E-state index contributed by atoms with van der Waals surface area (Å²) in [7, 11) is 0. The van der Waals surface area contributed by atoms with E-state index in [1.807, 2.05) is 30.3 Å². The molecule has 2 fully saturated rings. The van der Waals surface area contributed by atoms with Gasteiger partial charge in [-0.25, -0.2) is 4.79 Å². The molecule has 124 valence electrons. The molecule has 1 amide bonds. The zero-order chi connectivity index (χ0) is 16.3. The number of piperidine rings is 1. The highest BCUT2D eigenvalue weighted by atomic mass is 16.6. The van der Waals surface area contributed by atoms with E-state index in [1.54, 1.807) is 4.90 Å². The monoisotopic (exact) mass is 317 g/mol. The van der Waals surface area contributed by atoms with E-state index in [1.165, 1.54) is 0 Å². The van der Waals surface area contributed by atoms with Gasteiger partial charge in [0.15, 0.2) is 0 Å². The van der Waals surface area contributed by atoms with E-state index in [9.17, 15) is 14.7 Å². The Morgan fingerprint density at radius 2 is 1.87 bits per heavy atom. The van der Waals surface area contributed by atoms with Crippen molar-refractivity contribution in [1.29, 1.82) is 0 Å². The summed E-state index contributed by atoms with van der Waals surface area (Å²) in [5.41, 5.74) is 0.757. The Bertz CT molecular complexity index is 566. The molecule has 1 heterocycles. The van der Waals surface area contributed by atoms with Crippen LogP contribution in [0.15, 0.2) is 30.3 Å². The summed E-state index contributed by atoms with van der Waals surface area (Å²) in [5, 5.41) is 9.30. The Kier molecular flexibility index (Phi) is 4.55. The number of nitrogens with zero attached hydrogens (tertiary/aromatic N) is 1. The number of aliphatic carboxylic acids is 1. The predicted molar refractivity (Wildman–Crippen MR) is 84.9 cm³/mol. The van der Waals surface area contributed by atoms with Gasteiger partial charge in [0.25, 0.3) is 0 Å². The maximum Gasteiger partial charge on any atom is 0.410 e. The number of hydrogen-bond donors (Lipinski definition) is 1. The van der Waals surface area contributed by atoms with Crippen LogP contribution in [0, 0.1) is 5.92 Å². The summed E-state index contributed by atoms with van der Waals surface area (Å²) in [4.78, 5) is 25.7. The van der Waals surface area contributed by atoms with Crippen molar-refractivity contribution in [3.05, 3.63) is 35.9 Å². The smallest absolute Gasteiger partial charge is 0.410 e. The summed E-state index contributed by atoms with van der Waals surface area (Å²) in [5.74, 6) is -1.30. The number of hydrogen-bond acceptors (Lipinski definition) is 3. The minimum Gasteiger partial charge on any atom is -0.481 e. The molecular formula is C18H23NO4. The van der Waals surface area contributed by atoms with Gasteiger partial charge in [0.1, 0.15) is 6.61 Å². The van der Waals surface area contributed by atoms with Crippen molar-refractivity contribution in [2.45, 2.75) is 50.7 Å². The quantitative estimate of drug-likeness (QED) is 0.927. The summed E-state index contributed by atoms with van der Waals surface area (Å²) < 4.78 is 5.48. The molecule has 0 radical (unpaired) electrons. The molecule has 1 aromatic rings. The fraction of sp³-hybridized carbons (Fsp3) is 0.556. The largest absolute Gasteiger partial charge is 0.481 e. The van der Waals surface area contributed by atoms with Crippen molar-refractivity contribution in [3.63, 3.8) is 0 Å². The van der Waals surface area contributed by atoms with Gasteiger partial charge >= 0.3 is 12.1 Å². The minimum absolute atomic E-state index is 0.181. The first-order valence-electron chi connectivity index (χ1n) is 8.32. The molecule has 3 rings (SSSR count). The molecule has 1 spiro atoms. The lowest BCUT2D eigenvalue weighted by atomic mass is 9.81. The van der Waals surface area contributed by atoms with Crippen molar-refractivity contribution < 1.29 is 19.4 Å². The molecule has 5 heteroatoms. The second-order valence-electron chi connectivity index (χ2n) is 6.66. The van der Waals surface area contributed by atoms with Gasteiger partial charge in [-0.1, -0.05) is 43.2 Å². The Labute approximate surface area is 136 Å². The van der Waals surface area contributed by atoms with Crippen LogP contribution in [0.5, 0.6) is 0 Å². The molecule has 23 heavy (non-hydrogen) atoms. The maximum absolute atomic E-state index is 12.6. The topological polar surface area (TPSA) is 66.8 Å². The van der Waals surface area contributed by atoms with Gasteiger partial charge in [-0.2, -0.15) is 0 Å². The van der Waals surface area contributed by atoms with Crippen LogP contribution in [0.25, 0.3) is 0 Å². The minimum atomic E-state index is -0.821. The highest BCUT2D eigenvalue weighted by molar-refractivity contribution is 5.74. The normalized spacial score (nSPS) is 23.0. The molecule has 1 saturated carbocycles. The van der Waals surface area contributed by atoms with Crippen LogP contribution in [0.2, 0.25) is 0 Å². The first kappa shape index (κ1) is 15.8. The lowest BCUT2D eigenvalue weighted by Crippen LogP contribution is -2.56. The van der Waals surface area contributed by atoms with Crippen molar-refractivity contribution in [1.82, 2.24) is 4.90 Å². The van der Waals surface area contributed by atoms with Gasteiger partial charge in [0.05, 0.1) is 5.92 Å². The van der Waals surface area contributed by atoms with Crippen LogP contribution in [-0.2, 0) is 16.1 Å². The van der Waals surface area contributed by atoms with Gasteiger partial charge in [0.2, 0.25) is 0 Å². The summed E-state index contributed by atoms with van der Waals surface area (Å²) in [6.07, 6.45) is 5.16. The molecule has 1 N–H and O–H groups in total. The van der Waals surface area contributed by atoms with Crippen molar-refractivity contribution >= 4 is 12.1 Å². The molecular weight excluding hydrogens is 294 g/mol. The van der Waals surface area contributed by atoms with E-state index in [2.05, 4.69) is 0 Å². The molecule has 1 unspecified atom stereocenters. The van der Waals surface area contributed by atoms with Crippen LogP contribution < -0.4 is 0 Å². The SMILES string of the molecule is O=C(O)C1CCC2(CCCC2)N(C(=O)OCc2ccccc2)C1. The number of ether oxygens (including phenoxy) is 1.